The number of nitrogens with one attached hydrogen (secondary N) is 1. The number of benzene rings is 1. The van der Waals surface area contributed by atoms with Gasteiger partial charge in [-0.15, -0.1) is 0 Å². The Labute approximate surface area is 121 Å². The maximum atomic E-state index is 12.1. The van der Waals surface area contributed by atoms with Crippen molar-refractivity contribution in [2.75, 3.05) is 19.8 Å². The molecule has 2 amide bonds. The summed E-state index contributed by atoms with van der Waals surface area (Å²) in [5.74, 6) is -1.08. The molecule has 0 spiro atoms. The molecule has 110 valence electrons. The van der Waals surface area contributed by atoms with Gasteiger partial charge in [0.2, 0.25) is 0 Å². The van der Waals surface area contributed by atoms with Crippen LogP contribution < -0.4 is 5.32 Å². The molecular weight excluding hydrogens is 274 g/mol. The molecule has 1 aliphatic heterocycles. The van der Waals surface area contributed by atoms with Gasteiger partial charge in [-0.1, -0.05) is 12.1 Å². The molecule has 1 aliphatic rings. The van der Waals surface area contributed by atoms with Crippen LogP contribution in [0.1, 0.15) is 11.1 Å². The van der Waals surface area contributed by atoms with Crippen LogP contribution in [0.4, 0.5) is 4.79 Å². The molecule has 1 heterocycles. The largest absolute Gasteiger partial charge is 0.480 e. The van der Waals surface area contributed by atoms with Crippen molar-refractivity contribution in [2.24, 2.45) is 0 Å². The Morgan fingerprint density at radius 2 is 2.14 bits per heavy atom. The predicted molar refractivity (Wildman–Crippen MR) is 72.3 cm³/mol. The molecule has 1 saturated heterocycles. The standard InChI is InChI=1S/C14H15N3O4/c15-7-10-1-3-11(4-2-10)8-16-14(20)17-5-6-21-9-12(17)13(18)19/h1-4,12H,5-6,8-9H2,(H,16,20)(H,18,19). The van der Waals surface area contributed by atoms with Crippen molar-refractivity contribution in [3.05, 3.63) is 35.4 Å². The zero-order valence-electron chi connectivity index (χ0n) is 11.3. The second-order valence-corrected chi connectivity index (χ2v) is 4.59. The number of nitriles is 1. The average molecular weight is 289 g/mol. The van der Waals surface area contributed by atoms with Crippen LogP contribution in [0.15, 0.2) is 24.3 Å². The molecule has 2 N–H and O–H groups in total. The predicted octanol–water partition coefficient (Wildman–Crippen LogP) is 0.553. The third-order valence-corrected chi connectivity index (χ3v) is 3.20. The Morgan fingerprint density at radius 3 is 2.76 bits per heavy atom. The van der Waals surface area contributed by atoms with Crippen LogP contribution in [0.25, 0.3) is 0 Å². The van der Waals surface area contributed by atoms with Gasteiger partial charge in [-0.25, -0.2) is 9.59 Å². The van der Waals surface area contributed by atoms with Gasteiger partial charge in [0.1, 0.15) is 0 Å². The molecule has 1 unspecified atom stereocenters. The van der Waals surface area contributed by atoms with Crippen LogP contribution in [0, 0.1) is 11.3 Å². The zero-order chi connectivity index (χ0) is 15.2. The Bertz CT molecular complexity index is 565. The lowest BCUT2D eigenvalue weighted by atomic mass is 10.1. The van der Waals surface area contributed by atoms with Crippen LogP contribution in [0.3, 0.4) is 0 Å². The quantitative estimate of drug-likeness (QED) is 0.846. The first-order valence-electron chi connectivity index (χ1n) is 6.46. The maximum Gasteiger partial charge on any atom is 0.328 e. The molecule has 1 aromatic carbocycles. The molecule has 0 radical (unpaired) electrons. The minimum atomic E-state index is -1.08. The molecule has 1 atom stereocenters. The number of ether oxygens (including phenoxy) is 1. The summed E-state index contributed by atoms with van der Waals surface area (Å²) in [6.07, 6.45) is 0. The van der Waals surface area contributed by atoms with Crippen LogP contribution in [0.5, 0.6) is 0 Å². The number of carbonyl (C=O) groups is 2. The highest BCUT2D eigenvalue weighted by atomic mass is 16.5. The molecule has 2 rings (SSSR count). The Hall–Kier alpha value is -2.59. The van der Waals surface area contributed by atoms with Gasteiger partial charge in [-0.2, -0.15) is 5.26 Å². The lowest BCUT2D eigenvalue weighted by Gasteiger charge is -2.32. The van der Waals surface area contributed by atoms with Crippen molar-refractivity contribution < 1.29 is 19.4 Å². The summed E-state index contributed by atoms with van der Waals surface area (Å²) in [6, 6.07) is 7.43. The van der Waals surface area contributed by atoms with E-state index in [4.69, 9.17) is 15.1 Å². The number of carboxylic acids is 1. The summed E-state index contributed by atoms with van der Waals surface area (Å²) in [5.41, 5.74) is 1.38. The van der Waals surface area contributed by atoms with E-state index >= 15 is 0 Å². The summed E-state index contributed by atoms with van der Waals surface area (Å²) in [5, 5.41) is 20.4. The number of hydrogen-bond acceptors (Lipinski definition) is 4. The van der Waals surface area contributed by atoms with E-state index in [1.807, 2.05) is 6.07 Å². The summed E-state index contributed by atoms with van der Waals surface area (Å²) < 4.78 is 5.08. The number of hydrogen-bond donors (Lipinski definition) is 2. The van der Waals surface area contributed by atoms with Crippen molar-refractivity contribution in [1.29, 1.82) is 5.26 Å². The SMILES string of the molecule is N#Cc1ccc(CNC(=O)N2CCOCC2C(=O)O)cc1. The molecule has 0 aromatic heterocycles. The van der Waals surface area contributed by atoms with Gasteiger partial charge in [0.15, 0.2) is 6.04 Å². The van der Waals surface area contributed by atoms with Crippen molar-refractivity contribution in [1.82, 2.24) is 10.2 Å². The number of aliphatic carboxylic acids is 1. The molecule has 1 aromatic rings. The van der Waals surface area contributed by atoms with Crippen molar-refractivity contribution in [3.63, 3.8) is 0 Å². The first-order chi connectivity index (χ1) is 10.1. The number of morpholine rings is 1. The van der Waals surface area contributed by atoms with Gasteiger partial charge in [0.05, 0.1) is 24.8 Å². The monoisotopic (exact) mass is 289 g/mol. The van der Waals surface area contributed by atoms with E-state index in [1.54, 1.807) is 24.3 Å². The van der Waals surface area contributed by atoms with E-state index in [0.29, 0.717) is 12.2 Å². The summed E-state index contributed by atoms with van der Waals surface area (Å²) >= 11 is 0. The average Bonchev–Trinajstić information content (AvgIpc) is 2.53. The highest BCUT2D eigenvalue weighted by molar-refractivity contribution is 5.83. The smallest absolute Gasteiger partial charge is 0.328 e. The van der Waals surface area contributed by atoms with Crippen molar-refractivity contribution >= 4 is 12.0 Å². The van der Waals surface area contributed by atoms with E-state index in [0.717, 1.165) is 5.56 Å². The summed E-state index contributed by atoms with van der Waals surface area (Å²) in [6.45, 7) is 0.845. The van der Waals surface area contributed by atoms with Crippen LogP contribution >= 0.6 is 0 Å². The Balaban J connectivity index is 1.93. The molecule has 7 nitrogen and oxygen atoms in total. The molecule has 1 fully saturated rings. The van der Waals surface area contributed by atoms with E-state index in [2.05, 4.69) is 5.32 Å². The molecule has 0 bridgehead atoms. The summed E-state index contributed by atoms with van der Waals surface area (Å²) in [4.78, 5) is 24.4. The number of nitrogens with zero attached hydrogens (tertiary/aromatic N) is 2. The van der Waals surface area contributed by atoms with E-state index in [-0.39, 0.29) is 19.7 Å². The number of carbonyl (C=O) groups excluding carboxylic acids is 1. The van der Waals surface area contributed by atoms with E-state index in [1.165, 1.54) is 4.90 Å². The zero-order valence-corrected chi connectivity index (χ0v) is 11.3. The molecule has 7 heteroatoms. The second kappa shape index (κ2) is 6.72. The minimum Gasteiger partial charge on any atom is -0.480 e. The number of carboxylic acid groups (broad SMARTS) is 1. The van der Waals surface area contributed by atoms with Crippen LogP contribution in [-0.4, -0.2) is 47.8 Å². The fourth-order valence-electron chi connectivity index (χ4n) is 2.03. The Morgan fingerprint density at radius 1 is 1.43 bits per heavy atom. The molecule has 21 heavy (non-hydrogen) atoms. The van der Waals surface area contributed by atoms with E-state index < -0.39 is 18.0 Å². The van der Waals surface area contributed by atoms with Gasteiger partial charge in [-0.05, 0) is 17.7 Å². The number of amides is 2. The fourth-order valence-corrected chi connectivity index (χ4v) is 2.03. The van der Waals surface area contributed by atoms with Crippen LogP contribution in [-0.2, 0) is 16.1 Å². The highest BCUT2D eigenvalue weighted by Gasteiger charge is 2.32. The van der Waals surface area contributed by atoms with Gasteiger partial charge >= 0.3 is 12.0 Å². The van der Waals surface area contributed by atoms with Gasteiger partial charge < -0.3 is 20.1 Å². The van der Waals surface area contributed by atoms with Crippen molar-refractivity contribution in [2.45, 2.75) is 12.6 Å². The van der Waals surface area contributed by atoms with Crippen LogP contribution in [0.2, 0.25) is 0 Å². The molecular formula is C14H15N3O4. The Kier molecular flexibility index (Phi) is 4.74. The topological polar surface area (TPSA) is 103 Å². The second-order valence-electron chi connectivity index (χ2n) is 4.59. The fraction of sp³-hybridized carbons (Fsp3) is 0.357. The molecule has 0 aliphatic carbocycles. The maximum absolute atomic E-state index is 12.1. The van der Waals surface area contributed by atoms with Crippen molar-refractivity contribution in [3.8, 4) is 6.07 Å². The molecule has 0 saturated carbocycles. The number of rotatable bonds is 3. The first kappa shape index (κ1) is 14.8. The van der Waals surface area contributed by atoms with Gasteiger partial charge in [0.25, 0.3) is 0 Å². The normalized spacial score (nSPS) is 17.9. The van der Waals surface area contributed by atoms with E-state index in [9.17, 15) is 9.59 Å². The van der Waals surface area contributed by atoms with Gasteiger partial charge in [0, 0.05) is 13.1 Å². The lowest BCUT2D eigenvalue weighted by molar-refractivity contribution is -0.147. The first-order valence-corrected chi connectivity index (χ1v) is 6.46. The van der Waals surface area contributed by atoms with Gasteiger partial charge in [-0.3, -0.25) is 0 Å². The minimum absolute atomic E-state index is 0.000377. The highest BCUT2D eigenvalue weighted by Crippen LogP contribution is 2.08. The lowest BCUT2D eigenvalue weighted by Crippen LogP contribution is -2.55. The third-order valence-electron chi connectivity index (χ3n) is 3.20. The third kappa shape index (κ3) is 3.70. The summed E-state index contributed by atoms with van der Waals surface area (Å²) in [7, 11) is 0. The number of urea groups is 1.